The molecule has 2 aromatic rings. The third kappa shape index (κ3) is 3.02. The summed E-state index contributed by atoms with van der Waals surface area (Å²) in [5, 5.41) is 0. The Kier molecular flexibility index (Phi) is 3.44. The second kappa shape index (κ2) is 5.21. The van der Waals surface area contributed by atoms with Gasteiger partial charge in [-0.1, -0.05) is 36.4 Å². The molecular weight excluding hydrogens is 200 g/mol. The molecule has 0 aromatic heterocycles. The van der Waals surface area contributed by atoms with Crippen molar-refractivity contribution in [3.05, 3.63) is 60.7 Å². The van der Waals surface area contributed by atoms with Gasteiger partial charge < -0.3 is 9.47 Å². The number of benzene rings is 2. The summed E-state index contributed by atoms with van der Waals surface area (Å²) < 4.78 is 11.1. The standard InChI is InChI=1S/C14H13O2/c1-12(15-13-8-4-2-5-9-13)16-14-10-6-3-7-11-14/h2-10,12H,1H3. The van der Waals surface area contributed by atoms with Gasteiger partial charge in [-0.05, 0) is 18.2 Å². The predicted molar refractivity (Wildman–Crippen MR) is 62.4 cm³/mol. The van der Waals surface area contributed by atoms with Crippen LogP contribution in [0.1, 0.15) is 6.92 Å². The highest BCUT2D eigenvalue weighted by Gasteiger charge is 2.04. The van der Waals surface area contributed by atoms with Crippen molar-refractivity contribution in [2.24, 2.45) is 0 Å². The minimum atomic E-state index is -0.332. The average Bonchev–Trinajstić information content (AvgIpc) is 2.31. The first kappa shape index (κ1) is 10.6. The first-order valence-electron chi connectivity index (χ1n) is 5.20. The number of rotatable bonds is 4. The summed E-state index contributed by atoms with van der Waals surface area (Å²) in [7, 11) is 0. The van der Waals surface area contributed by atoms with Gasteiger partial charge >= 0.3 is 0 Å². The van der Waals surface area contributed by atoms with Crippen LogP contribution < -0.4 is 9.47 Å². The molecule has 1 unspecified atom stereocenters. The van der Waals surface area contributed by atoms with Crippen LogP contribution in [0, 0.1) is 6.07 Å². The van der Waals surface area contributed by atoms with Gasteiger partial charge in [0.25, 0.3) is 0 Å². The number of hydrogen-bond donors (Lipinski definition) is 0. The summed E-state index contributed by atoms with van der Waals surface area (Å²) in [6.45, 7) is 1.86. The fourth-order valence-electron chi connectivity index (χ4n) is 1.34. The summed E-state index contributed by atoms with van der Waals surface area (Å²) in [6.07, 6.45) is -0.332. The Morgan fingerprint density at radius 1 is 0.938 bits per heavy atom. The van der Waals surface area contributed by atoms with E-state index in [1.807, 2.05) is 61.5 Å². The van der Waals surface area contributed by atoms with Crippen LogP contribution in [0.4, 0.5) is 0 Å². The summed E-state index contributed by atoms with van der Waals surface area (Å²) in [5.74, 6) is 1.48. The molecule has 0 aliphatic heterocycles. The molecular formula is C14H13O2. The zero-order valence-electron chi connectivity index (χ0n) is 9.09. The van der Waals surface area contributed by atoms with E-state index >= 15 is 0 Å². The van der Waals surface area contributed by atoms with E-state index < -0.39 is 0 Å². The molecule has 0 spiro atoms. The third-order valence-electron chi connectivity index (χ3n) is 2.02. The normalized spacial score (nSPS) is 10.1. The van der Waals surface area contributed by atoms with Crippen molar-refractivity contribution in [2.75, 3.05) is 0 Å². The molecule has 16 heavy (non-hydrogen) atoms. The maximum atomic E-state index is 5.58. The Bertz CT molecular complexity index is 370. The monoisotopic (exact) mass is 213 g/mol. The van der Waals surface area contributed by atoms with Crippen LogP contribution in [0.25, 0.3) is 0 Å². The highest BCUT2D eigenvalue weighted by Crippen LogP contribution is 2.14. The molecule has 2 aromatic carbocycles. The van der Waals surface area contributed by atoms with Gasteiger partial charge in [0.1, 0.15) is 11.5 Å². The van der Waals surface area contributed by atoms with E-state index in [0.29, 0.717) is 5.75 Å². The second-order valence-corrected chi connectivity index (χ2v) is 3.34. The Balaban J connectivity index is 1.92. The summed E-state index contributed by atoms with van der Waals surface area (Å²) >= 11 is 0. The summed E-state index contributed by atoms with van der Waals surface area (Å²) in [4.78, 5) is 0. The molecule has 2 heteroatoms. The Morgan fingerprint density at radius 3 is 2.38 bits per heavy atom. The van der Waals surface area contributed by atoms with Crippen molar-refractivity contribution in [3.63, 3.8) is 0 Å². The fraction of sp³-hybridized carbons (Fsp3) is 0.143. The van der Waals surface area contributed by atoms with Crippen molar-refractivity contribution in [1.82, 2.24) is 0 Å². The van der Waals surface area contributed by atoms with E-state index in [0.717, 1.165) is 5.75 Å². The van der Waals surface area contributed by atoms with Crippen LogP contribution in [0.3, 0.4) is 0 Å². The number of hydrogen-bond acceptors (Lipinski definition) is 2. The minimum Gasteiger partial charge on any atom is -0.455 e. The largest absolute Gasteiger partial charge is 0.455 e. The first-order chi connectivity index (χ1) is 7.84. The number of para-hydroxylation sites is 2. The van der Waals surface area contributed by atoms with Crippen molar-refractivity contribution in [1.29, 1.82) is 0 Å². The lowest BCUT2D eigenvalue weighted by molar-refractivity contribution is 0.0221. The topological polar surface area (TPSA) is 18.5 Å². The molecule has 0 amide bonds. The molecule has 2 nitrogen and oxygen atoms in total. The Morgan fingerprint density at radius 2 is 1.69 bits per heavy atom. The number of ether oxygens (including phenoxy) is 2. The van der Waals surface area contributed by atoms with Crippen LogP contribution in [0.2, 0.25) is 0 Å². The van der Waals surface area contributed by atoms with Gasteiger partial charge in [-0.15, -0.1) is 0 Å². The third-order valence-corrected chi connectivity index (χ3v) is 2.02. The van der Waals surface area contributed by atoms with E-state index in [1.54, 1.807) is 0 Å². The summed E-state index contributed by atoms with van der Waals surface area (Å²) in [5.41, 5.74) is 0. The average molecular weight is 213 g/mol. The molecule has 0 saturated carbocycles. The van der Waals surface area contributed by atoms with Crippen molar-refractivity contribution >= 4 is 0 Å². The summed E-state index contributed by atoms with van der Waals surface area (Å²) in [6, 6.07) is 20.0. The fourth-order valence-corrected chi connectivity index (χ4v) is 1.34. The SMILES string of the molecule is CC(Oc1[c]cccc1)Oc1ccccc1. The van der Waals surface area contributed by atoms with Gasteiger partial charge in [0.2, 0.25) is 6.29 Å². The molecule has 0 aliphatic rings. The minimum absolute atomic E-state index is 0.332. The van der Waals surface area contributed by atoms with Gasteiger partial charge in [0.15, 0.2) is 0 Å². The molecule has 2 rings (SSSR count). The van der Waals surface area contributed by atoms with Crippen LogP contribution in [0.5, 0.6) is 11.5 Å². The molecule has 1 atom stereocenters. The van der Waals surface area contributed by atoms with Crippen molar-refractivity contribution in [3.8, 4) is 11.5 Å². The van der Waals surface area contributed by atoms with E-state index in [4.69, 9.17) is 9.47 Å². The molecule has 81 valence electrons. The van der Waals surface area contributed by atoms with Gasteiger partial charge in [-0.2, -0.15) is 0 Å². The highest BCUT2D eigenvalue weighted by molar-refractivity contribution is 5.22. The first-order valence-corrected chi connectivity index (χ1v) is 5.20. The lowest BCUT2D eigenvalue weighted by Crippen LogP contribution is -2.19. The zero-order chi connectivity index (χ0) is 11.2. The van der Waals surface area contributed by atoms with E-state index in [1.165, 1.54) is 0 Å². The lowest BCUT2D eigenvalue weighted by atomic mass is 10.3. The molecule has 0 aliphatic carbocycles. The van der Waals surface area contributed by atoms with E-state index in [9.17, 15) is 0 Å². The maximum absolute atomic E-state index is 5.58. The molecule has 0 bridgehead atoms. The Hall–Kier alpha value is -1.96. The van der Waals surface area contributed by atoms with Crippen LogP contribution in [0.15, 0.2) is 54.6 Å². The lowest BCUT2D eigenvalue weighted by Gasteiger charge is -2.16. The van der Waals surface area contributed by atoms with Crippen LogP contribution >= 0.6 is 0 Å². The van der Waals surface area contributed by atoms with E-state index in [2.05, 4.69) is 6.07 Å². The zero-order valence-corrected chi connectivity index (χ0v) is 9.09. The van der Waals surface area contributed by atoms with Crippen LogP contribution in [-0.4, -0.2) is 6.29 Å². The maximum Gasteiger partial charge on any atom is 0.238 e. The van der Waals surface area contributed by atoms with E-state index in [-0.39, 0.29) is 6.29 Å². The predicted octanol–water partition coefficient (Wildman–Crippen LogP) is 3.29. The molecule has 0 fully saturated rings. The molecule has 0 N–H and O–H groups in total. The van der Waals surface area contributed by atoms with Gasteiger partial charge in [-0.25, -0.2) is 0 Å². The van der Waals surface area contributed by atoms with Gasteiger partial charge in [0, 0.05) is 13.0 Å². The molecule has 0 saturated heterocycles. The van der Waals surface area contributed by atoms with Crippen LogP contribution in [-0.2, 0) is 0 Å². The molecule has 1 radical (unpaired) electrons. The van der Waals surface area contributed by atoms with Gasteiger partial charge in [0.05, 0.1) is 0 Å². The highest BCUT2D eigenvalue weighted by atomic mass is 16.7. The molecule has 0 heterocycles. The Labute approximate surface area is 95.4 Å². The van der Waals surface area contributed by atoms with Crippen molar-refractivity contribution in [2.45, 2.75) is 13.2 Å². The van der Waals surface area contributed by atoms with Crippen molar-refractivity contribution < 1.29 is 9.47 Å². The van der Waals surface area contributed by atoms with Gasteiger partial charge in [-0.3, -0.25) is 0 Å². The second-order valence-electron chi connectivity index (χ2n) is 3.34. The smallest absolute Gasteiger partial charge is 0.238 e. The quantitative estimate of drug-likeness (QED) is 0.725.